The van der Waals surface area contributed by atoms with Crippen molar-refractivity contribution in [2.45, 2.75) is 52.1 Å². The summed E-state index contributed by atoms with van der Waals surface area (Å²) in [6, 6.07) is 10.9. The second-order valence-electron chi connectivity index (χ2n) is 7.73. The van der Waals surface area contributed by atoms with Gasteiger partial charge in [0.1, 0.15) is 0 Å². The number of benzene rings is 1. The van der Waals surface area contributed by atoms with Crippen LogP contribution in [0.5, 0.6) is 0 Å². The highest BCUT2D eigenvalue weighted by Crippen LogP contribution is 2.28. The molecule has 0 radical (unpaired) electrons. The van der Waals surface area contributed by atoms with Gasteiger partial charge in [0, 0.05) is 37.4 Å². The van der Waals surface area contributed by atoms with Crippen molar-refractivity contribution >= 4 is 5.91 Å². The average Bonchev–Trinajstić information content (AvgIpc) is 3.08. The molecule has 1 aliphatic rings. The van der Waals surface area contributed by atoms with Crippen LogP contribution < -0.4 is 5.32 Å². The summed E-state index contributed by atoms with van der Waals surface area (Å²) in [6.45, 7) is 11.1. The van der Waals surface area contributed by atoms with Crippen LogP contribution in [0.15, 0.2) is 42.5 Å². The Morgan fingerprint density at radius 1 is 1.36 bits per heavy atom. The van der Waals surface area contributed by atoms with Gasteiger partial charge in [-0.25, -0.2) is 0 Å². The van der Waals surface area contributed by atoms with Crippen molar-refractivity contribution in [2.24, 2.45) is 0 Å². The Labute approximate surface area is 168 Å². The Hall–Kier alpha value is -2.40. The van der Waals surface area contributed by atoms with Gasteiger partial charge in [-0.2, -0.15) is 5.10 Å². The molecule has 0 aliphatic heterocycles. The van der Waals surface area contributed by atoms with Gasteiger partial charge in [-0.1, -0.05) is 49.4 Å². The average molecular weight is 381 g/mol. The van der Waals surface area contributed by atoms with E-state index in [2.05, 4.69) is 59.6 Å². The van der Waals surface area contributed by atoms with Crippen LogP contribution in [0.25, 0.3) is 0 Å². The fourth-order valence-corrected chi connectivity index (χ4v) is 4.19. The van der Waals surface area contributed by atoms with E-state index in [1.165, 1.54) is 16.8 Å². The van der Waals surface area contributed by atoms with Crippen molar-refractivity contribution in [3.8, 4) is 0 Å². The highest BCUT2D eigenvalue weighted by Gasteiger charge is 2.31. The highest BCUT2D eigenvalue weighted by atomic mass is 16.1. The summed E-state index contributed by atoms with van der Waals surface area (Å²) in [5.41, 5.74) is 5.43. The number of nitrogens with one attached hydrogen (secondary N) is 1. The number of amides is 1. The van der Waals surface area contributed by atoms with Crippen molar-refractivity contribution < 1.29 is 4.79 Å². The second-order valence-corrected chi connectivity index (χ2v) is 7.73. The van der Waals surface area contributed by atoms with Crippen LogP contribution in [0.2, 0.25) is 0 Å². The fourth-order valence-electron chi connectivity index (χ4n) is 4.19. The Balaban J connectivity index is 1.84. The number of hydrogen-bond acceptors (Lipinski definition) is 3. The Morgan fingerprint density at radius 3 is 2.75 bits per heavy atom. The van der Waals surface area contributed by atoms with Gasteiger partial charge in [0.05, 0.1) is 0 Å². The van der Waals surface area contributed by atoms with Crippen molar-refractivity contribution in [3.05, 3.63) is 65.0 Å². The molecule has 0 saturated heterocycles. The zero-order valence-electron chi connectivity index (χ0n) is 17.4. The normalized spacial score (nSPS) is 16.1. The number of likely N-dealkylation sites (N-methyl/N-ethyl adjacent to an activating group) is 1. The van der Waals surface area contributed by atoms with E-state index in [9.17, 15) is 4.79 Å². The van der Waals surface area contributed by atoms with Crippen LogP contribution in [-0.4, -0.2) is 46.8 Å². The van der Waals surface area contributed by atoms with Crippen LogP contribution in [0.4, 0.5) is 0 Å². The largest absolute Gasteiger partial charge is 0.354 e. The van der Waals surface area contributed by atoms with Gasteiger partial charge in [-0.05, 0) is 44.7 Å². The molecule has 1 N–H and O–H groups in total. The molecule has 1 aromatic carbocycles. The predicted molar refractivity (Wildman–Crippen MR) is 114 cm³/mol. The van der Waals surface area contributed by atoms with Crippen molar-refractivity contribution in [1.29, 1.82) is 0 Å². The van der Waals surface area contributed by atoms with E-state index < -0.39 is 0 Å². The Morgan fingerprint density at radius 2 is 2.11 bits per heavy atom. The van der Waals surface area contributed by atoms with Gasteiger partial charge in [-0.15, -0.1) is 0 Å². The van der Waals surface area contributed by atoms with E-state index >= 15 is 0 Å². The highest BCUT2D eigenvalue weighted by molar-refractivity contribution is 5.93. The molecule has 2 aromatic rings. The zero-order chi connectivity index (χ0) is 20.1. The standard InChI is InChI=1S/C23H32N4O/c1-5-26(16-17(2)3)19-11-12-21-20(15-19)22(23(28)24-4)25-27(21)14-13-18-9-7-6-8-10-18/h6-10,19H,2,5,11-16H2,1,3-4H3,(H,24,28)/t19-/m0/s1. The number of carbonyl (C=O) groups excluding carboxylic acids is 1. The first-order chi connectivity index (χ1) is 13.5. The van der Waals surface area contributed by atoms with Gasteiger partial charge in [0.25, 0.3) is 5.91 Å². The molecule has 1 amide bonds. The van der Waals surface area contributed by atoms with E-state index in [1.807, 2.05) is 6.07 Å². The molecule has 0 unspecified atom stereocenters. The van der Waals surface area contributed by atoms with E-state index in [4.69, 9.17) is 5.10 Å². The lowest BCUT2D eigenvalue weighted by molar-refractivity contribution is 0.0955. The van der Waals surface area contributed by atoms with Crippen LogP contribution in [-0.2, 0) is 25.8 Å². The minimum Gasteiger partial charge on any atom is -0.354 e. The first-order valence-corrected chi connectivity index (χ1v) is 10.3. The first-order valence-electron chi connectivity index (χ1n) is 10.3. The molecule has 0 saturated carbocycles. The van der Waals surface area contributed by atoms with Gasteiger partial charge >= 0.3 is 0 Å². The molecule has 0 spiro atoms. The van der Waals surface area contributed by atoms with E-state index in [-0.39, 0.29) is 5.91 Å². The number of carbonyl (C=O) groups is 1. The third-order valence-corrected chi connectivity index (χ3v) is 5.61. The number of nitrogens with zero attached hydrogens (tertiary/aromatic N) is 3. The second kappa shape index (κ2) is 9.20. The van der Waals surface area contributed by atoms with Gasteiger partial charge in [0.2, 0.25) is 0 Å². The topological polar surface area (TPSA) is 50.2 Å². The zero-order valence-corrected chi connectivity index (χ0v) is 17.4. The molecule has 5 heteroatoms. The molecule has 0 bridgehead atoms. The number of rotatable bonds is 8. The quantitative estimate of drug-likeness (QED) is 0.715. The molecule has 1 aliphatic carbocycles. The molecule has 1 heterocycles. The molecule has 1 atom stereocenters. The lowest BCUT2D eigenvalue weighted by atomic mass is 9.89. The summed E-state index contributed by atoms with van der Waals surface area (Å²) in [5, 5.41) is 7.49. The maximum absolute atomic E-state index is 12.5. The third-order valence-electron chi connectivity index (χ3n) is 5.61. The SMILES string of the molecule is C=C(C)CN(CC)[C@H]1CCc2c(c(C(=O)NC)nn2CCc2ccccc2)C1. The summed E-state index contributed by atoms with van der Waals surface area (Å²) >= 11 is 0. The van der Waals surface area contributed by atoms with Gasteiger partial charge in [0.15, 0.2) is 5.69 Å². The molecule has 150 valence electrons. The minimum atomic E-state index is -0.0849. The molecular weight excluding hydrogens is 348 g/mol. The van der Waals surface area contributed by atoms with Crippen LogP contribution in [0.3, 0.4) is 0 Å². The third kappa shape index (κ3) is 4.53. The maximum Gasteiger partial charge on any atom is 0.271 e. The van der Waals surface area contributed by atoms with Crippen molar-refractivity contribution in [1.82, 2.24) is 20.0 Å². The van der Waals surface area contributed by atoms with Gasteiger partial charge < -0.3 is 5.32 Å². The van der Waals surface area contributed by atoms with E-state index in [1.54, 1.807) is 7.05 Å². The summed E-state index contributed by atoms with van der Waals surface area (Å²) in [6.07, 6.45) is 3.86. The van der Waals surface area contributed by atoms with Crippen LogP contribution in [0, 0.1) is 0 Å². The van der Waals surface area contributed by atoms with E-state index in [0.717, 1.165) is 50.9 Å². The molecule has 3 rings (SSSR count). The van der Waals surface area contributed by atoms with Crippen molar-refractivity contribution in [2.75, 3.05) is 20.1 Å². The van der Waals surface area contributed by atoms with E-state index in [0.29, 0.717) is 11.7 Å². The summed E-state index contributed by atoms with van der Waals surface area (Å²) < 4.78 is 2.07. The number of hydrogen-bond donors (Lipinski definition) is 1. The smallest absolute Gasteiger partial charge is 0.271 e. The summed E-state index contributed by atoms with van der Waals surface area (Å²) in [7, 11) is 1.68. The number of fused-ring (bicyclic) bond motifs is 1. The molecule has 1 aromatic heterocycles. The monoisotopic (exact) mass is 380 g/mol. The molecule has 5 nitrogen and oxygen atoms in total. The van der Waals surface area contributed by atoms with Crippen LogP contribution in [0.1, 0.15) is 47.6 Å². The van der Waals surface area contributed by atoms with Crippen LogP contribution >= 0.6 is 0 Å². The maximum atomic E-state index is 12.5. The van der Waals surface area contributed by atoms with Crippen molar-refractivity contribution in [3.63, 3.8) is 0 Å². The summed E-state index contributed by atoms with van der Waals surface area (Å²) in [4.78, 5) is 15.0. The number of aryl methyl sites for hydroxylation is 2. The summed E-state index contributed by atoms with van der Waals surface area (Å²) in [5.74, 6) is -0.0849. The predicted octanol–water partition coefficient (Wildman–Crippen LogP) is 3.24. The number of aromatic nitrogens is 2. The minimum absolute atomic E-state index is 0.0849. The molecule has 0 fully saturated rings. The molecular formula is C23H32N4O. The fraction of sp³-hybridized carbons (Fsp3) is 0.478. The first kappa shape index (κ1) is 20.3. The Kier molecular flexibility index (Phi) is 6.68. The lowest BCUT2D eigenvalue weighted by Gasteiger charge is -2.34. The molecule has 28 heavy (non-hydrogen) atoms. The Bertz CT molecular complexity index is 825. The lowest BCUT2D eigenvalue weighted by Crippen LogP contribution is -2.40. The van der Waals surface area contributed by atoms with Gasteiger partial charge in [-0.3, -0.25) is 14.4 Å².